The van der Waals surface area contributed by atoms with Gasteiger partial charge in [-0.1, -0.05) is 13.3 Å². The van der Waals surface area contributed by atoms with Crippen molar-refractivity contribution in [2.45, 2.75) is 69.2 Å². The molecule has 132 valence electrons. The minimum Gasteiger partial charge on any atom is -0.464 e. The van der Waals surface area contributed by atoms with Gasteiger partial charge in [-0.05, 0) is 50.2 Å². The van der Waals surface area contributed by atoms with Crippen LogP contribution < -0.4 is 0 Å². The summed E-state index contributed by atoms with van der Waals surface area (Å²) in [5.41, 5.74) is 0. The summed E-state index contributed by atoms with van der Waals surface area (Å²) >= 11 is 0. The monoisotopic (exact) mass is 351 g/mol. The Morgan fingerprint density at radius 2 is 2.00 bits per heavy atom. The SMILES string of the molecule is C[C@@H]1C[C@H]1c1ccc(CN(C(=O)[C@H]2CCCCS2(=O)=O)C2CC2)o1. The molecule has 1 amide bonds. The van der Waals surface area contributed by atoms with Crippen LogP contribution in [0.2, 0.25) is 0 Å². The number of carbonyl (C=O) groups excluding carboxylic acids is 1. The molecule has 1 aliphatic heterocycles. The van der Waals surface area contributed by atoms with Crippen LogP contribution in [0.15, 0.2) is 16.5 Å². The van der Waals surface area contributed by atoms with Gasteiger partial charge in [0.25, 0.3) is 0 Å². The molecule has 1 saturated heterocycles. The van der Waals surface area contributed by atoms with E-state index >= 15 is 0 Å². The number of furan rings is 1. The minimum atomic E-state index is -3.29. The van der Waals surface area contributed by atoms with Gasteiger partial charge in [-0.2, -0.15) is 0 Å². The summed E-state index contributed by atoms with van der Waals surface area (Å²) in [7, 11) is -3.29. The lowest BCUT2D eigenvalue weighted by molar-refractivity contribution is -0.132. The molecule has 3 aliphatic rings. The summed E-state index contributed by atoms with van der Waals surface area (Å²) < 4.78 is 30.5. The molecule has 3 fully saturated rings. The number of amides is 1. The Bertz CT molecular complexity index is 734. The molecule has 24 heavy (non-hydrogen) atoms. The Labute approximate surface area is 143 Å². The molecule has 1 aromatic rings. The van der Waals surface area contributed by atoms with Crippen LogP contribution in [0.4, 0.5) is 0 Å². The average molecular weight is 351 g/mol. The van der Waals surface area contributed by atoms with E-state index in [0.29, 0.717) is 31.2 Å². The zero-order chi connectivity index (χ0) is 16.9. The molecule has 2 aliphatic carbocycles. The Morgan fingerprint density at radius 3 is 2.62 bits per heavy atom. The maximum absolute atomic E-state index is 12.9. The standard InChI is InChI=1S/C18H25NO4S/c1-12-10-15(12)16-8-7-14(23-16)11-19(13-5-6-13)18(20)17-4-2-3-9-24(17,21)22/h7-8,12-13,15,17H,2-6,9-11H2,1H3/t12-,15-,17-/m1/s1. The Balaban J connectivity index is 1.50. The first-order valence-electron chi connectivity index (χ1n) is 9.06. The second-order valence-electron chi connectivity index (χ2n) is 7.67. The third kappa shape index (κ3) is 3.13. The van der Waals surface area contributed by atoms with Crippen molar-refractivity contribution in [1.82, 2.24) is 4.90 Å². The predicted molar refractivity (Wildman–Crippen MR) is 90.2 cm³/mol. The Morgan fingerprint density at radius 1 is 1.25 bits per heavy atom. The molecule has 0 unspecified atom stereocenters. The van der Waals surface area contributed by atoms with Crippen molar-refractivity contribution in [2.24, 2.45) is 5.92 Å². The lowest BCUT2D eigenvalue weighted by Gasteiger charge is -2.28. The second kappa shape index (κ2) is 5.90. The van der Waals surface area contributed by atoms with Gasteiger partial charge in [0.15, 0.2) is 9.84 Å². The Kier molecular flexibility index (Phi) is 3.98. The molecule has 5 nitrogen and oxygen atoms in total. The van der Waals surface area contributed by atoms with Gasteiger partial charge >= 0.3 is 0 Å². The highest BCUT2D eigenvalue weighted by Gasteiger charge is 2.42. The third-order valence-electron chi connectivity index (χ3n) is 5.61. The van der Waals surface area contributed by atoms with Crippen LogP contribution in [0.5, 0.6) is 0 Å². The van der Waals surface area contributed by atoms with Crippen molar-refractivity contribution in [2.75, 3.05) is 5.75 Å². The molecule has 0 spiro atoms. The smallest absolute Gasteiger partial charge is 0.241 e. The fourth-order valence-electron chi connectivity index (χ4n) is 3.76. The molecule has 0 aromatic carbocycles. The summed E-state index contributed by atoms with van der Waals surface area (Å²) in [6.45, 7) is 2.61. The van der Waals surface area contributed by atoms with Crippen molar-refractivity contribution in [3.63, 3.8) is 0 Å². The van der Waals surface area contributed by atoms with Crippen LogP contribution in [0.1, 0.15) is 62.9 Å². The van der Waals surface area contributed by atoms with Gasteiger partial charge in [0, 0.05) is 12.0 Å². The lowest BCUT2D eigenvalue weighted by Crippen LogP contribution is -2.45. The molecule has 0 N–H and O–H groups in total. The normalized spacial score (nSPS) is 31.6. The molecule has 0 radical (unpaired) electrons. The highest BCUT2D eigenvalue weighted by molar-refractivity contribution is 7.92. The van der Waals surface area contributed by atoms with E-state index < -0.39 is 15.1 Å². The second-order valence-corrected chi connectivity index (χ2v) is 9.98. The summed E-state index contributed by atoms with van der Waals surface area (Å²) in [4.78, 5) is 14.7. The summed E-state index contributed by atoms with van der Waals surface area (Å²) in [6, 6.07) is 4.14. The van der Waals surface area contributed by atoms with Crippen LogP contribution in [-0.4, -0.2) is 36.3 Å². The molecule has 2 saturated carbocycles. The van der Waals surface area contributed by atoms with E-state index in [1.807, 2.05) is 12.1 Å². The van der Waals surface area contributed by atoms with Crippen molar-refractivity contribution < 1.29 is 17.6 Å². The van der Waals surface area contributed by atoms with Gasteiger partial charge in [0.2, 0.25) is 5.91 Å². The van der Waals surface area contributed by atoms with E-state index in [-0.39, 0.29) is 17.7 Å². The molecule has 0 bridgehead atoms. The third-order valence-corrected chi connectivity index (χ3v) is 7.77. The fraction of sp³-hybridized carbons (Fsp3) is 0.722. The Hall–Kier alpha value is -1.30. The summed E-state index contributed by atoms with van der Waals surface area (Å²) in [5, 5.41) is -0.843. The zero-order valence-corrected chi connectivity index (χ0v) is 14.9. The van der Waals surface area contributed by atoms with Crippen molar-refractivity contribution in [3.8, 4) is 0 Å². The van der Waals surface area contributed by atoms with Crippen LogP contribution >= 0.6 is 0 Å². The number of sulfone groups is 1. The summed E-state index contributed by atoms with van der Waals surface area (Å²) in [6.07, 6.45) is 5.05. The van der Waals surface area contributed by atoms with E-state index in [0.717, 1.165) is 30.8 Å². The van der Waals surface area contributed by atoms with Crippen molar-refractivity contribution in [1.29, 1.82) is 0 Å². The van der Waals surface area contributed by atoms with E-state index in [4.69, 9.17) is 4.42 Å². The van der Waals surface area contributed by atoms with Crippen molar-refractivity contribution in [3.05, 3.63) is 23.7 Å². The van der Waals surface area contributed by atoms with Crippen LogP contribution in [-0.2, 0) is 21.2 Å². The first-order valence-corrected chi connectivity index (χ1v) is 10.8. The van der Waals surface area contributed by atoms with E-state index in [1.165, 1.54) is 6.42 Å². The van der Waals surface area contributed by atoms with Crippen molar-refractivity contribution >= 4 is 15.7 Å². The first kappa shape index (κ1) is 16.2. The van der Waals surface area contributed by atoms with Crippen LogP contribution in [0.25, 0.3) is 0 Å². The molecule has 2 heterocycles. The predicted octanol–water partition coefficient (Wildman–Crippen LogP) is 2.86. The van der Waals surface area contributed by atoms with E-state index in [1.54, 1.807) is 4.90 Å². The first-order chi connectivity index (χ1) is 11.5. The quantitative estimate of drug-likeness (QED) is 0.818. The number of hydrogen-bond donors (Lipinski definition) is 0. The number of hydrogen-bond acceptors (Lipinski definition) is 4. The summed E-state index contributed by atoms with van der Waals surface area (Å²) in [5.74, 6) is 2.91. The molecule has 1 aromatic heterocycles. The molecule has 3 atom stereocenters. The molecular weight excluding hydrogens is 326 g/mol. The maximum atomic E-state index is 12.9. The van der Waals surface area contributed by atoms with Crippen LogP contribution in [0.3, 0.4) is 0 Å². The lowest BCUT2D eigenvalue weighted by atomic mass is 10.1. The molecule has 6 heteroatoms. The maximum Gasteiger partial charge on any atom is 0.241 e. The zero-order valence-electron chi connectivity index (χ0n) is 14.1. The number of nitrogens with zero attached hydrogens (tertiary/aromatic N) is 1. The highest BCUT2D eigenvalue weighted by atomic mass is 32.2. The van der Waals surface area contributed by atoms with Crippen LogP contribution in [0, 0.1) is 5.92 Å². The number of rotatable bonds is 5. The van der Waals surface area contributed by atoms with Gasteiger partial charge < -0.3 is 9.32 Å². The fourth-order valence-corrected chi connectivity index (χ4v) is 5.61. The van der Waals surface area contributed by atoms with E-state index in [2.05, 4.69) is 6.92 Å². The average Bonchev–Trinajstić information content (AvgIpc) is 3.45. The van der Waals surface area contributed by atoms with Gasteiger partial charge in [-0.25, -0.2) is 8.42 Å². The highest BCUT2D eigenvalue weighted by Crippen LogP contribution is 2.47. The topological polar surface area (TPSA) is 67.6 Å². The largest absolute Gasteiger partial charge is 0.464 e. The minimum absolute atomic E-state index is 0.145. The van der Waals surface area contributed by atoms with Gasteiger partial charge in [0.05, 0.1) is 12.3 Å². The van der Waals surface area contributed by atoms with Gasteiger partial charge in [0.1, 0.15) is 16.8 Å². The van der Waals surface area contributed by atoms with Gasteiger partial charge in [-0.3, -0.25) is 4.79 Å². The molecule has 4 rings (SSSR count). The van der Waals surface area contributed by atoms with E-state index in [9.17, 15) is 13.2 Å². The molecular formula is C18H25NO4S. The van der Waals surface area contributed by atoms with Gasteiger partial charge in [-0.15, -0.1) is 0 Å². The number of carbonyl (C=O) groups is 1.